The Balaban J connectivity index is 1.93. The molecule has 23 heavy (non-hydrogen) atoms. The molecule has 0 spiro atoms. The van der Waals surface area contributed by atoms with Crippen LogP contribution in [0.1, 0.15) is 11.3 Å². The molecule has 1 N–H and O–H groups in total. The van der Waals surface area contributed by atoms with E-state index in [0.717, 1.165) is 5.56 Å². The summed E-state index contributed by atoms with van der Waals surface area (Å²) < 4.78 is 1.26. The molecule has 3 rings (SSSR count). The van der Waals surface area contributed by atoms with Gasteiger partial charge in [-0.2, -0.15) is 5.10 Å². The molecule has 1 aromatic carbocycles. The number of hydrogen-bond acceptors (Lipinski definition) is 4. The minimum atomic E-state index is -0.219. The molecule has 0 bridgehead atoms. The fraction of sp³-hybridized carbons (Fsp3) is 0.176. The zero-order chi connectivity index (χ0) is 16.4. The third kappa shape index (κ3) is 2.96. The molecule has 116 valence electrons. The molecule has 2 aromatic heterocycles. The second kappa shape index (κ2) is 6.00. The Morgan fingerprint density at radius 3 is 2.65 bits per heavy atom. The van der Waals surface area contributed by atoms with Gasteiger partial charge in [0.25, 0.3) is 5.56 Å². The molecule has 0 unspecified atom stereocenters. The first-order valence-electron chi connectivity index (χ1n) is 7.22. The molecule has 3 aromatic rings. The van der Waals surface area contributed by atoms with Crippen LogP contribution in [0.25, 0.3) is 10.8 Å². The molecule has 0 radical (unpaired) electrons. The minimum Gasteiger partial charge on any atom is -0.310 e. The summed E-state index contributed by atoms with van der Waals surface area (Å²) in [5.74, 6) is 0.315. The number of amides is 1. The fourth-order valence-electron chi connectivity index (χ4n) is 2.45. The number of benzene rings is 1. The maximum Gasteiger partial charge on any atom is 0.274 e. The zero-order valence-corrected chi connectivity index (χ0v) is 12.9. The van der Waals surface area contributed by atoms with Crippen molar-refractivity contribution in [2.45, 2.75) is 13.3 Å². The van der Waals surface area contributed by atoms with Crippen LogP contribution in [0.5, 0.6) is 0 Å². The summed E-state index contributed by atoms with van der Waals surface area (Å²) in [4.78, 5) is 28.5. The number of carbonyl (C=O) groups excluding carboxylic acids is 1. The minimum absolute atomic E-state index is 0.0741. The third-order valence-corrected chi connectivity index (χ3v) is 3.63. The van der Waals surface area contributed by atoms with Gasteiger partial charge in [0.2, 0.25) is 5.91 Å². The van der Waals surface area contributed by atoms with Gasteiger partial charge in [-0.05, 0) is 24.6 Å². The number of rotatable bonds is 3. The SMILES string of the molecule is Cc1cccnc1NC(=O)Cc1nn(C)c(=O)c2ccccc12. The van der Waals surface area contributed by atoms with Crippen molar-refractivity contribution in [3.05, 3.63) is 64.2 Å². The summed E-state index contributed by atoms with van der Waals surface area (Å²) in [6.07, 6.45) is 1.70. The number of aromatic nitrogens is 3. The van der Waals surface area contributed by atoms with Crippen LogP contribution in [0.3, 0.4) is 0 Å². The first-order chi connectivity index (χ1) is 11.1. The van der Waals surface area contributed by atoms with Crippen molar-refractivity contribution >= 4 is 22.5 Å². The first-order valence-corrected chi connectivity index (χ1v) is 7.22. The number of hydrogen-bond donors (Lipinski definition) is 1. The monoisotopic (exact) mass is 308 g/mol. The lowest BCUT2D eigenvalue weighted by molar-refractivity contribution is -0.115. The van der Waals surface area contributed by atoms with Crippen LogP contribution in [-0.2, 0) is 18.3 Å². The van der Waals surface area contributed by atoms with Crippen molar-refractivity contribution in [3.8, 4) is 0 Å². The van der Waals surface area contributed by atoms with Crippen molar-refractivity contribution in [2.24, 2.45) is 7.05 Å². The lowest BCUT2D eigenvalue weighted by Crippen LogP contribution is -2.24. The molecule has 0 aliphatic carbocycles. The standard InChI is InChI=1S/C17H16N4O2/c1-11-6-5-9-18-16(11)19-15(22)10-14-12-7-3-4-8-13(12)17(23)21(2)20-14/h3-9H,10H2,1-2H3,(H,18,19,22). The predicted molar refractivity (Wildman–Crippen MR) is 88.3 cm³/mol. The van der Waals surface area contributed by atoms with Crippen LogP contribution in [-0.4, -0.2) is 20.7 Å². The van der Waals surface area contributed by atoms with Gasteiger partial charge >= 0.3 is 0 Å². The fourth-order valence-corrected chi connectivity index (χ4v) is 2.45. The largest absolute Gasteiger partial charge is 0.310 e. The number of pyridine rings is 1. The van der Waals surface area contributed by atoms with Gasteiger partial charge in [0.1, 0.15) is 5.82 Å². The second-order valence-electron chi connectivity index (χ2n) is 5.31. The third-order valence-electron chi connectivity index (χ3n) is 3.63. The predicted octanol–water partition coefficient (Wildman–Crippen LogP) is 1.82. The van der Waals surface area contributed by atoms with E-state index in [1.165, 1.54) is 4.68 Å². The number of carbonyl (C=O) groups is 1. The second-order valence-corrected chi connectivity index (χ2v) is 5.31. The lowest BCUT2D eigenvalue weighted by atomic mass is 10.1. The van der Waals surface area contributed by atoms with Crippen LogP contribution in [0, 0.1) is 6.92 Å². The summed E-state index contributed by atoms with van der Waals surface area (Å²) in [6.45, 7) is 1.88. The van der Waals surface area contributed by atoms with Gasteiger partial charge in [-0.3, -0.25) is 9.59 Å². The highest BCUT2D eigenvalue weighted by molar-refractivity contribution is 5.95. The maximum atomic E-state index is 12.3. The Kier molecular flexibility index (Phi) is 3.89. The summed E-state index contributed by atoms with van der Waals surface area (Å²) in [5.41, 5.74) is 1.28. The first kappa shape index (κ1) is 14.9. The molecule has 0 saturated heterocycles. The van der Waals surface area contributed by atoms with Crippen molar-refractivity contribution in [3.63, 3.8) is 0 Å². The average molecular weight is 308 g/mol. The molecule has 0 aliphatic heterocycles. The zero-order valence-electron chi connectivity index (χ0n) is 12.9. The van der Waals surface area contributed by atoms with E-state index in [4.69, 9.17) is 0 Å². The van der Waals surface area contributed by atoms with Gasteiger partial charge in [0.15, 0.2) is 0 Å². The van der Waals surface area contributed by atoms with Gasteiger partial charge in [-0.15, -0.1) is 0 Å². The molecule has 1 amide bonds. The van der Waals surface area contributed by atoms with Crippen LogP contribution < -0.4 is 10.9 Å². The van der Waals surface area contributed by atoms with Crippen molar-refractivity contribution in [1.82, 2.24) is 14.8 Å². The Labute approximate surface area is 132 Å². The van der Waals surface area contributed by atoms with Crippen molar-refractivity contribution in [1.29, 1.82) is 0 Å². The highest BCUT2D eigenvalue weighted by atomic mass is 16.1. The van der Waals surface area contributed by atoms with Gasteiger partial charge in [-0.25, -0.2) is 9.67 Å². The van der Waals surface area contributed by atoms with E-state index in [-0.39, 0.29) is 17.9 Å². The van der Waals surface area contributed by atoms with Crippen LogP contribution in [0.2, 0.25) is 0 Å². The van der Waals surface area contributed by atoms with Crippen LogP contribution in [0.15, 0.2) is 47.4 Å². The molecule has 0 aliphatic rings. The number of nitrogens with one attached hydrogen (secondary N) is 1. The summed E-state index contributed by atoms with van der Waals surface area (Å²) in [5, 5.41) is 8.26. The van der Waals surface area contributed by atoms with Gasteiger partial charge < -0.3 is 5.32 Å². The van der Waals surface area contributed by atoms with E-state index < -0.39 is 0 Å². The molecular weight excluding hydrogens is 292 g/mol. The van der Waals surface area contributed by atoms with E-state index in [1.807, 2.05) is 25.1 Å². The number of aryl methyl sites for hydroxylation is 2. The van der Waals surface area contributed by atoms with E-state index in [0.29, 0.717) is 22.3 Å². The van der Waals surface area contributed by atoms with Gasteiger partial charge in [-0.1, -0.05) is 24.3 Å². The molecule has 0 fully saturated rings. The van der Waals surface area contributed by atoms with E-state index in [9.17, 15) is 9.59 Å². The summed E-state index contributed by atoms with van der Waals surface area (Å²) in [6, 6.07) is 10.9. The Bertz CT molecular complexity index is 947. The molecule has 2 heterocycles. The van der Waals surface area contributed by atoms with Crippen LogP contribution >= 0.6 is 0 Å². The molecule has 0 saturated carbocycles. The smallest absolute Gasteiger partial charge is 0.274 e. The van der Waals surface area contributed by atoms with Gasteiger partial charge in [0.05, 0.1) is 17.5 Å². The van der Waals surface area contributed by atoms with Crippen molar-refractivity contribution < 1.29 is 4.79 Å². The quantitative estimate of drug-likeness (QED) is 0.800. The Hall–Kier alpha value is -3.02. The lowest BCUT2D eigenvalue weighted by Gasteiger charge is -2.09. The molecule has 0 atom stereocenters. The topological polar surface area (TPSA) is 76.9 Å². The highest BCUT2D eigenvalue weighted by Crippen LogP contribution is 2.15. The maximum absolute atomic E-state index is 12.3. The number of nitrogens with zero attached hydrogens (tertiary/aromatic N) is 3. The normalized spacial score (nSPS) is 10.7. The number of anilines is 1. The van der Waals surface area contributed by atoms with Crippen LogP contribution in [0.4, 0.5) is 5.82 Å². The Morgan fingerprint density at radius 2 is 1.91 bits per heavy atom. The van der Waals surface area contributed by atoms with E-state index in [2.05, 4.69) is 15.4 Å². The molecule has 6 nitrogen and oxygen atoms in total. The van der Waals surface area contributed by atoms with Crippen molar-refractivity contribution in [2.75, 3.05) is 5.32 Å². The summed E-state index contributed by atoms with van der Waals surface area (Å²) >= 11 is 0. The number of fused-ring (bicyclic) bond motifs is 1. The van der Waals surface area contributed by atoms with E-state index in [1.54, 1.807) is 31.4 Å². The van der Waals surface area contributed by atoms with E-state index >= 15 is 0 Å². The van der Waals surface area contributed by atoms with Gasteiger partial charge in [0, 0.05) is 18.6 Å². The summed E-state index contributed by atoms with van der Waals surface area (Å²) in [7, 11) is 1.58. The average Bonchev–Trinajstić information content (AvgIpc) is 2.54. The highest BCUT2D eigenvalue weighted by Gasteiger charge is 2.13. The Morgan fingerprint density at radius 1 is 1.17 bits per heavy atom. The molecular formula is C17H16N4O2. The molecule has 6 heteroatoms.